The van der Waals surface area contributed by atoms with E-state index >= 15 is 0 Å². The molecule has 218 valence electrons. The summed E-state index contributed by atoms with van der Waals surface area (Å²) in [6, 6.07) is 6.85. The zero-order valence-electron chi connectivity index (χ0n) is 24.9. The molecule has 0 heterocycles. The van der Waals surface area contributed by atoms with E-state index in [0.29, 0.717) is 5.56 Å². The van der Waals surface area contributed by atoms with Crippen molar-refractivity contribution in [3.8, 4) is 0 Å². The van der Waals surface area contributed by atoms with Crippen LogP contribution in [0.1, 0.15) is 149 Å². The molecule has 1 amide bonds. The fourth-order valence-corrected chi connectivity index (χ4v) is 5.45. The Morgan fingerprint density at radius 1 is 0.737 bits per heavy atom. The van der Waals surface area contributed by atoms with Crippen LogP contribution in [0.15, 0.2) is 24.3 Å². The Labute approximate surface area is 233 Å². The van der Waals surface area contributed by atoms with Crippen LogP contribution >= 0.6 is 0 Å². The summed E-state index contributed by atoms with van der Waals surface area (Å²) in [5.41, 5.74) is 0.443. The molecule has 2 atom stereocenters. The van der Waals surface area contributed by atoms with Gasteiger partial charge in [0.2, 0.25) is 0 Å². The van der Waals surface area contributed by atoms with Crippen molar-refractivity contribution in [2.75, 3.05) is 0 Å². The summed E-state index contributed by atoms with van der Waals surface area (Å²) in [6.07, 6.45) is 20.5. The van der Waals surface area contributed by atoms with Crippen molar-refractivity contribution >= 4 is 11.8 Å². The van der Waals surface area contributed by atoms with E-state index < -0.39 is 4.92 Å². The third-order valence-electron chi connectivity index (χ3n) is 7.56. The summed E-state index contributed by atoms with van der Waals surface area (Å²) in [6.45, 7) is 8.78. The van der Waals surface area contributed by atoms with Gasteiger partial charge in [0.15, 0.2) is 0 Å². The number of hydrogen-bond donors (Lipinski definition) is 0. The highest BCUT2D eigenvalue weighted by Gasteiger charge is 2.31. The fraction of sp³-hybridized carbons (Fsp3) is 0.781. The van der Waals surface area contributed by atoms with E-state index in [2.05, 4.69) is 32.6 Å². The van der Waals surface area contributed by atoms with Crippen molar-refractivity contribution in [3.05, 3.63) is 39.9 Å². The minimum absolute atomic E-state index is 0.00113. The predicted molar refractivity (Wildman–Crippen MR) is 158 cm³/mol. The van der Waals surface area contributed by atoms with Crippen molar-refractivity contribution in [1.29, 1.82) is 0 Å². The molecule has 0 spiro atoms. The molecular weight excluding hydrogens is 476 g/mol. The lowest BCUT2D eigenvalue weighted by Gasteiger charge is -2.38. The molecule has 0 N–H and O–H groups in total. The number of ether oxygens (including phenoxy) is 1. The Morgan fingerprint density at radius 2 is 1.21 bits per heavy atom. The van der Waals surface area contributed by atoms with Crippen molar-refractivity contribution in [2.24, 2.45) is 0 Å². The first-order chi connectivity index (χ1) is 18.5. The summed E-state index contributed by atoms with van der Waals surface area (Å²) in [5, 5.41) is 11.5. The van der Waals surface area contributed by atoms with Gasteiger partial charge in [-0.1, -0.05) is 130 Å². The van der Waals surface area contributed by atoms with Crippen LogP contribution in [0, 0.1) is 10.1 Å². The van der Waals surface area contributed by atoms with Gasteiger partial charge in [0.1, 0.15) is 6.61 Å². The first-order valence-corrected chi connectivity index (χ1v) is 15.7. The van der Waals surface area contributed by atoms with Gasteiger partial charge in [-0.25, -0.2) is 4.79 Å². The van der Waals surface area contributed by atoms with Crippen molar-refractivity contribution in [3.63, 3.8) is 0 Å². The van der Waals surface area contributed by atoms with Gasteiger partial charge >= 0.3 is 6.09 Å². The molecule has 6 heteroatoms. The summed E-state index contributed by atoms with van der Waals surface area (Å²) in [5.74, 6) is 0. The van der Waals surface area contributed by atoms with Gasteiger partial charge in [-0.3, -0.25) is 10.1 Å². The number of unbranched alkanes of at least 4 members (excludes halogenated alkanes) is 10. The summed E-state index contributed by atoms with van der Waals surface area (Å²) in [7, 11) is 0. The van der Waals surface area contributed by atoms with E-state index in [4.69, 9.17) is 4.74 Å². The predicted octanol–water partition coefficient (Wildman–Crippen LogP) is 10.4. The number of para-hydroxylation sites is 1. The average Bonchev–Trinajstić information content (AvgIpc) is 2.91. The number of benzene rings is 1. The molecule has 0 aliphatic rings. The standard InChI is InChI=1S/C32H56N2O4/c1-5-9-11-13-15-17-24-29(21-7-3)33(30(22-8-4)25-18-16-14-12-10-6-2)32(35)38-27-28-23-19-20-26-31(28)34(36)37/h19-20,23,26,29-30H,5-18,21-22,24-25,27H2,1-4H3. The van der Waals surface area contributed by atoms with Crippen LogP contribution in [0.5, 0.6) is 0 Å². The number of nitro groups is 1. The lowest BCUT2D eigenvalue weighted by Crippen LogP contribution is -2.47. The highest BCUT2D eigenvalue weighted by atomic mass is 16.6. The third-order valence-corrected chi connectivity index (χ3v) is 7.56. The highest BCUT2D eigenvalue weighted by molar-refractivity contribution is 5.68. The molecule has 0 aliphatic carbocycles. The van der Waals surface area contributed by atoms with Gasteiger partial charge in [-0.2, -0.15) is 0 Å². The quantitative estimate of drug-likeness (QED) is 0.0798. The minimum atomic E-state index is -0.405. The average molecular weight is 533 g/mol. The van der Waals surface area contributed by atoms with E-state index in [-0.39, 0.29) is 30.5 Å². The van der Waals surface area contributed by atoms with Crippen LogP contribution < -0.4 is 0 Å². The molecule has 1 rings (SSSR count). The Balaban J connectivity index is 3.01. The van der Waals surface area contributed by atoms with Crippen LogP contribution in [0.4, 0.5) is 10.5 Å². The SMILES string of the molecule is CCCCCCCCC(CCC)N(C(=O)OCc1ccccc1[N+](=O)[O-])C(CCC)CCCCCCCC. The maximum atomic E-state index is 13.7. The minimum Gasteiger partial charge on any atom is -0.444 e. The van der Waals surface area contributed by atoms with Gasteiger partial charge < -0.3 is 9.64 Å². The van der Waals surface area contributed by atoms with Gasteiger partial charge in [0.05, 0.1) is 10.5 Å². The van der Waals surface area contributed by atoms with E-state index in [0.717, 1.165) is 51.4 Å². The van der Waals surface area contributed by atoms with Crippen molar-refractivity contribution in [2.45, 2.75) is 162 Å². The number of nitro benzene ring substituents is 1. The Hall–Kier alpha value is -2.11. The molecule has 6 nitrogen and oxygen atoms in total. The second-order valence-electron chi connectivity index (χ2n) is 10.8. The fourth-order valence-electron chi connectivity index (χ4n) is 5.45. The number of carbonyl (C=O) groups excluding carboxylic acids is 1. The van der Waals surface area contributed by atoms with E-state index in [1.165, 1.54) is 70.3 Å². The first-order valence-electron chi connectivity index (χ1n) is 15.7. The van der Waals surface area contributed by atoms with E-state index in [9.17, 15) is 14.9 Å². The molecular formula is C32H56N2O4. The molecule has 0 saturated carbocycles. The van der Waals surface area contributed by atoms with Gasteiger partial charge in [0.25, 0.3) is 5.69 Å². The van der Waals surface area contributed by atoms with E-state index in [1.807, 2.05) is 0 Å². The molecule has 0 aromatic heterocycles. The zero-order chi connectivity index (χ0) is 28.0. The third kappa shape index (κ3) is 13.6. The Bertz CT molecular complexity index is 729. The first kappa shape index (κ1) is 33.9. The largest absolute Gasteiger partial charge is 0.444 e. The van der Waals surface area contributed by atoms with Crippen LogP contribution in [-0.2, 0) is 11.3 Å². The summed E-state index contributed by atoms with van der Waals surface area (Å²) in [4.78, 5) is 26.8. The second-order valence-corrected chi connectivity index (χ2v) is 10.8. The van der Waals surface area contributed by atoms with Crippen molar-refractivity contribution in [1.82, 2.24) is 4.90 Å². The highest BCUT2D eigenvalue weighted by Crippen LogP contribution is 2.27. The van der Waals surface area contributed by atoms with Gasteiger partial charge in [-0.15, -0.1) is 0 Å². The number of amides is 1. The van der Waals surface area contributed by atoms with Crippen LogP contribution in [0.25, 0.3) is 0 Å². The summed E-state index contributed by atoms with van der Waals surface area (Å²) < 4.78 is 5.84. The lowest BCUT2D eigenvalue weighted by molar-refractivity contribution is -0.385. The second kappa shape index (κ2) is 21.8. The Kier molecular flexibility index (Phi) is 19.4. The molecule has 0 fully saturated rings. The maximum absolute atomic E-state index is 13.7. The number of hydrogen-bond acceptors (Lipinski definition) is 4. The molecule has 0 saturated heterocycles. The molecule has 1 aromatic rings. The van der Waals surface area contributed by atoms with Gasteiger partial charge in [-0.05, 0) is 31.7 Å². The Morgan fingerprint density at radius 3 is 1.68 bits per heavy atom. The zero-order valence-corrected chi connectivity index (χ0v) is 24.9. The monoisotopic (exact) mass is 532 g/mol. The topological polar surface area (TPSA) is 72.7 Å². The van der Waals surface area contributed by atoms with Crippen LogP contribution in [-0.4, -0.2) is 28.0 Å². The smallest absolute Gasteiger partial charge is 0.410 e. The van der Waals surface area contributed by atoms with Crippen molar-refractivity contribution < 1.29 is 14.5 Å². The lowest BCUT2D eigenvalue weighted by atomic mass is 9.95. The normalized spacial score (nSPS) is 12.7. The number of nitrogens with zero attached hydrogens (tertiary/aromatic N) is 2. The molecule has 1 aromatic carbocycles. The molecule has 0 radical (unpaired) electrons. The summed E-state index contributed by atoms with van der Waals surface area (Å²) >= 11 is 0. The molecule has 2 unspecified atom stereocenters. The number of rotatable bonds is 23. The molecule has 0 bridgehead atoms. The number of carbonyl (C=O) groups is 1. The van der Waals surface area contributed by atoms with E-state index in [1.54, 1.807) is 18.2 Å². The molecule has 0 aliphatic heterocycles. The van der Waals surface area contributed by atoms with Gasteiger partial charge in [0, 0.05) is 18.2 Å². The van der Waals surface area contributed by atoms with Crippen LogP contribution in [0.2, 0.25) is 0 Å². The van der Waals surface area contributed by atoms with Crippen LogP contribution in [0.3, 0.4) is 0 Å². The molecule has 38 heavy (non-hydrogen) atoms. The maximum Gasteiger partial charge on any atom is 0.410 e.